The molecule has 4 heteroatoms. The van der Waals surface area contributed by atoms with Gasteiger partial charge in [-0.15, -0.1) is 0 Å². The van der Waals surface area contributed by atoms with Crippen LogP contribution in [0.2, 0.25) is 0 Å². The van der Waals surface area contributed by atoms with Gasteiger partial charge in [0.05, 0.1) is 16.6 Å². The minimum absolute atomic E-state index is 0.302. The van der Waals surface area contributed by atoms with Crippen molar-refractivity contribution in [3.63, 3.8) is 0 Å². The first-order valence-electron chi connectivity index (χ1n) is 8.30. The molecule has 4 rings (SSSR count). The number of para-hydroxylation sites is 2. The number of nitriles is 1. The molecule has 1 fully saturated rings. The second kappa shape index (κ2) is 5.27. The largest absolute Gasteiger partial charge is 0.358 e. The Bertz CT molecular complexity index is 924. The lowest BCUT2D eigenvalue weighted by molar-refractivity contribution is 0.848. The molecule has 116 valence electrons. The molecule has 0 bridgehead atoms. The lowest BCUT2D eigenvalue weighted by Gasteiger charge is -2.22. The monoisotopic (exact) mass is 304 g/mol. The maximum absolute atomic E-state index is 9.73. The number of hydrogen-bond donors (Lipinski definition) is 0. The first-order valence-corrected chi connectivity index (χ1v) is 8.30. The van der Waals surface area contributed by atoms with Crippen LogP contribution in [-0.4, -0.2) is 22.5 Å². The van der Waals surface area contributed by atoms with Crippen LogP contribution in [0.25, 0.3) is 16.7 Å². The first kappa shape index (κ1) is 14.1. The Morgan fingerprint density at radius 1 is 1.17 bits per heavy atom. The summed E-state index contributed by atoms with van der Waals surface area (Å²) in [6.45, 7) is 6.43. The summed E-state index contributed by atoms with van der Waals surface area (Å²) in [7, 11) is 0. The smallest absolute Gasteiger partial charge is 0.157 e. The zero-order valence-corrected chi connectivity index (χ0v) is 13.6. The third-order valence-electron chi connectivity index (χ3n) is 4.75. The van der Waals surface area contributed by atoms with E-state index >= 15 is 0 Å². The zero-order valence-electron chi connectivity index (χ0n) is 13.6. The quantitative estimate of drug-likeness (QED) is 0.716. The van der Waals surface area contributed by atoms with E-state index in [1.54, 1.807) is 0 Å². The maximum Gasteiger partial charge on any atom is 0.157 e. The number of rotatable bonds is 2. The number of imidazole rings is 1. The number of pyridine rings is 1. The average Bonchev–Trinajstić information content (AvgIpc) is 3.20. The van der Waals surface area contributed by atoms with Gasteiger partial charge < -0.3 is 4.90 Å². The summed E-state index contributed by atoms with van der Waals surface area (Å²) in [4.78, 5) is 7.20. The molecule has 0 N–H and O–H groups in total. The van der Waals surface area contributed by atoms with Crippen LogP contribution in [0.5, 0.6) is 0 Å². The lowest BCUT2D eigenvalue weighted by Crippen LogP contribution is -2.21. The predicted octanol–water partition coefficient (Wildman–Crippen LogP) is 4.08. The number of benzene rings is 1. The van der Waals surface area contributed by atoms with Crippen LogP contribution in [0.4, 0.5) is 5.82 Å². The van der Waals surface area contributed by atoms with Gasteiger partial charge in [0.25, 0.3) is 0 Å². The number of hydrogen-bond acceptors (Lipinski definition) is 3. The van der Waals surface area contributed by atoms with E-state index in [0.717, 1.165) is 35.3 Å². The Labute approximate surface area is 136 Å². The van der Waals surface area contributed by atoms with Crippen molar-refractivity contribution in [3.05, 3.63) is 41.5 Å². The fourth-order valence-corrected chi connectivity index (χ4v) is 3.58. The number of anilines is 1. The van der Waals surface area contributed by atoms with E-state index in [9.17, 15) is 5.26 Å². The van der Waals surface area contributed by atoms with Crippen molar-refractivity contribution in [2.24, 2.45) is 0 Å². The fourth-order valence-electron chi connectivity index (χ4n) is 3.58. The maximum atomic E-state index is 9.73. The standard InChI is InChI=1S/C19H20N4/c1-13(2)14-11-18(22-9-5-6-10-22)23-17-8-4-3-7-16(17)21-19(23)15(14)12-20/h3-4,7-8,11,13H,5-6,9-10H2,1-2H3. The van der Waals surface area contributed by atoms with E-state index in [1.165, 1.54) is 18.7 Å². The van der Waals surface area contributed by atoms with Gasteiger partial charge >= 0.3 is 0 Å². The molecular weight excluding hydrogens is 284 g/mol. The molecule has 0 amide bonds. The van der Waals surface area contributed by atoms with Gasteiger partial charge in [-0.25, -0.2) is 4.98 Å². The molecule has 0 spiro atoms. The summed E-state index contributed by atoms with van der Waals surface area (Å²) in [5.41, 5.74) is 4.62. The van der Waals surface area contributed by atoms with Crippen LogP contribution in [0, 0.1) is 11.3 Å². The summed E-state index contributed by atoms with van der Waals surface area (Å²) in [5.74, 6) is 1.48. The van der Waals surface area contributed by atoms with Crippen LogP contribution in [-0.2, 0) is 0 Å². The molecule has 23 heavy (non-hydrogen) atoms. The summed E-state index contributed by atoms with van der Waals surface area (Å²) in [5, 5.41) is 9.73. The molecule has 0 saturated carbocycles. The van der Waals surface area contributed by atoms with Gasteiger partial charge in [-0.2, -0.15) is 5.26 Å². The Balaban J connectivity index is 2.15. The highest BCUT2D eigenvalue weighted by Gasteiger charge is 2.22. The fraction of sp³-hybridized carbons (Fsp3) is 0.368. The van der Waals surface area contributed by atoms with Crippen LogP contribution < -0.4 is 4.90 Å². The highest BCUT2D eigenvalue weighted by atomic mass is 15.2. The number of fused-ring (bicyclic) bond motifs is 3. The normalized spacial score (nSPS) is 15.0. The first-order chi connectivity index (χ1) is 11.2. The van der Waals surface area contributed by atoms with Crippen LogP contribution in [0.15, 0.2) is 30.3 Å². The summed E-state index contributed by atoms with van der Waals surface area (Å²) in [6.07, 6.45) is 2.45. The van der Waals surface area contributed by atoms with Crippen molar-refractivity contribution in [2.75, 3.05) is 18.0 Å². The Kier molecular flexibility index (Phi) is 3.23. The van der Waals surface area contributed by atoms with Crippen molar-refractivity contribution in [1.82, 2.24) is 9.38 Å². The van der Waals surface area contributed by atoms with E-state index in [2.05, 4.69) is 41.4 Å². The van der Waals surface area contributed by atoms with E-state index in [-0.39, 0.29) is 0 Å². The van der Waals surface area contributed by atoms with Crippen LogP contribution >= 0.6 is 0 Å². The Morgan fingerprint density at radius 2 is 1.91 bits per heavy atom. The van der Waals surface area contributed by atoms with Gasteiger partial charge in [-0.05, 0) is 42.5 Å². The van der Waals surface area contributed by atoms with Crippen LogP contribution in [0.1, 0.15) is 43.7 Å². The van der Waals surface area contributed by atoms with Crippen molar-refractivity contribution >= 4 is 22.5 Å². The zero-order chi connectivity index (χ0) is 16.0. The highest BCUT2D eigenvalue weighted by molar-refractivity contribution is 5.85. The van der Waals surface area contributed by atoms with Gasteiger partial charge in [0.2, 0.25) is 0 Å². The Hall–Kier alpha value is -2.54. The van der Waals surface area contributed by atoms with Gasteiger partial charge in [-0.3, -0.25) is 4.40 Å². The lowest BCUT2D eigenvalue weighted by atomic mass is 9.99. The van der Waals surface area contributed by atoms with Gasteiger partial charge in [0.1, 0.15) is 11.9 Å². The highest BCUT2D eigenvalue weighted by Crippen LogP contribution is 2.33. The second-order valence-electron chi connectivity index (χ2n) is 6.55. The van der Waals surface area contributed by atoms with Crippen LogP contribution in [0.3, 0.4) is 0 Å². The molecule has 0 atom stereocenters. The molecule has 1 saturated heterocycles. The molecule has 3 heterocycles. The second-order valence-corrected chi connectivity index (χ2v) is 6.55. The molecule has 3 aromatic rings. The summed E-state index contributed by atoms with van der Waals surface area (Å²) in [6, 6.07) is 12.7. The van der Waals surface area contributed by atoms with E-state index in [4.69, 9.17) is 4.98 Å². The number of nitrogens with zero attached hydrogens (tertiary/aromatic N) is 4. The van der Waals surface area contributed by atoms with E-state index in [0.29, 0.717) is 11.5 Å². The van der Waals surface area contributed by atoms with Gasteiger partial charge in [-0.1, -0.05) is 26.0 Å². The van der Waals surface area contributed by atoms with Crippen molar-refractivity contribution in [2.45, 2.75) is 32.6 Å². The molecule has 0 unspecified atom stereocenters. The predicted molar refractivity (Wildman–Crippen MR) is 92.9 cm³/mol. The SMILES string of the molecule is CC(C)c1cc(N2CCCC2)n2c(nc3ccccc32)c1C#N. The molecule has 1 aliphatic heterocycles. The van der Waals surface area contributed by atoms with Gasteiger partial charge in [0.15, 0.2) is 5.65 Å². The van der Waals surface area contributed by atoms with Gasteiger partial charge in [0, 0.05) is 13.1 Å². The molecule has 1 aliphatic rings. The molecule has 0 aliphatic carbocycles. The summed E-state index contributed by atoms with van der Waals surface area (Å²) < 4.78 is 2.17. The minimum Gasteiger partial charge on any atom is -0.358 e. The molecule has 2 aromatic heterocycles. The number of aromatic nitrogens is 2. The molecule has 1 aromatic carbocycles. The van der Waals surface area contributed by atoms with E-state index < -0.39 is 0 Å². The molecular formula is C19H20N4. The minimum atomic E-state index is 0.302. The van der Waals surface area contributed by atoms with Crippen molar-refractivity contribution < 1.29 is 0 Å². The molecule has 4 nitrogen and oxygen atoms in total. The van der Waals surface area contributed by atoms with Crippen molar-refractivity contribution in [3.8, 4) is 6.07 Å². The third-order valence-corrected chi connectivity index (χ3v) is 4.75. The Morgan fingerprint density at radius 3 is 2.61 bits per heavy atom. The van der Waals surface area contributed by atoms with Crippen molar-refractivity contribution in [1.29, 1.82) is 5.26 Å². The van der Waals surface area contributed by atoms with E-state index in [1.807, 2.05) is 18.2 Å². The summed E-state index contributed by atoms with van der Waals surface area (Å²) >= 11 is 0. The average molecular weight is 304 g/mol. The molecule has 0 radical (unpaired) electrons. The topological polar surface area (TPSA) is 44.3 Å². The third kappa shape index (κ3) is 2.08.